The van der Waals surface area contributed by atoms with E-state index < -0.39 is 0 Å². The molecule has 0 radical (unpaired) electrons. The molecule has 1 heterocycles. The number of nitrogens with two attached hydrogens (primary N) is 1. The topological polar surface area (TPSA) is 89.3 Å². The van der Waals surface area contributed by atoms with Crippen LogP contribution in [0.5, 0.6) is 5.75 Å². The molecule has 1 aromatic carbocycles. The Morgan fingerprint density at radius 2 is 2.00 bits per heavy atom. The molecule has 6 heteroatoms. The van der Waals surface area contributed by atoms with Crippen molar-refractivity contribution in [2.45, 2.75) is 20.5 Å². The molecule has 1 aromatic heterocycles. The lowest BCUT2D eigenvalue weighted by atomic mass is 10.1. The molecule has 0 atom stereocenters. The minimum Gasteiger partial charge on any atom is -0.487 e. The summed E-state index contributed by atoms with van der Waals surface area (Å²) in [6.07, 6.45) is 3.93. The number of aromatic nitrogens is 1. The predicted molar refractivity (Wildman–Crippen MR) is 87.4 cm³/mol. The second-order valence-electron chi connectivity index (χ2n) is 4.57. The quantitative estimate of drug-likeness (QED) is 0.340. The van der Waals surface area contributed by atoms with Crippen LogP contribution in [0.1, 0.15) is 16.7 Å². The van der Waals surface area contributed by atoms with Crippen molar-refractivity contribution in [2.75, 3.05) is 12.4 Å². The zero-order chi connectivity index (χ0) is 16.4. The van der Waals surface area contributed by atoms with Crippen molar-refractivity contribution in [1.29, 1.82) is 0 Å². The van der Waals surface area contributed by atoms with Crippen molar-refractivity contribution in [1.82, 2.24) is 10.4 Å². The first-order valence-corrected chi connectivity index (χ1v) is 6.83. The number of benzene rings is 1. The number of hydrogen-bond donors (Lipinski definition) is 3. The first-order valence-electron chi connectivity index (χ1n) is 6.83. The highest BCUT2D eigenvalue weighted by Crippen LogP contribution is 2.22. The van der Waals surface area contributed by atoms with Gasteiger partial charge in [-0.1, -0.05) is 12.1 Å². The van der Waals surface area contributed by atoms with Gasteiger partial charge in [0, 0.05) is 24.5 Å². The van der Waals surface area contributed by atoms with Crippen LogP contribution in [0.3, 0.4) is 0 Å². The number of aryl methyl sites for hydroxylation is 2. The van der Waals surface area contributed by atoms with Gasteiger partial charge in [-0.2, -0.15) is 0 Å². The molecule has 22 heavy (non-hydrogen) atoms. The van der Waals surface area contributed by atoms with Crippen LogP contribution in [0.25, 0.3) is 0 Å². The molecule has 0 spiro atoms. The van der Waals surface area contributed by atoms with Crippen LogP contribution in [0.2, 0.25) is 0 Å². The van der Waals surface area contributed by atoms with Gasteiger partial charge in [0.15, 0.2) is 0 Å². The largest absolute Gasteiger partial charge is 0.487 e. The fourth-order valence-electron chi connectivity index (χ4n) is 1.88. The van der Waals surface area contributed by atoms with Crippen molar-refractivity contribution >= 4 is 12.1 Å². The number of amides is 1. The number of ether oxygens (including phenoxy) is 1. The molecule has 0 aliphatic rings. The van der Waals surface area contributed by atoms with Gasteiger partial charge >= 0.3 is 0 Å². The molecule has 0 bridgehead atoms. The third kappa shape index (κ3) is 5.06. The number of pyridine rings is 1. The summed E-state index contributed by atoms with van der Waals surface area (Å²) < 4.78 is 5.84. The number of hydrazine groups is 1. The maximum atomic E-state index is 8.94. The number of carbonyl (C=O) groups excluding carboxylic acids is 1. The second-order valence-corrected chi connectivity index (χ2v) is 4.57. The molecule has 2 rings (SSSR count). The highest BCUT2D eigenvalue weighted by Gasteiger charge is 2.06. The van der Waals surface area contributed by atoms with Gasteiger partial charge in [-0.05, 0) is 37.1 Å². The van der Waals surface area contributed by atoms with E-state index in [1.807, 2.05) is 26.1 Å². The van der Waals surface area contributed by atoms with Crippen LogP contribution in [0.15, 0.2) is 36.7 Å². The number of rotatable bonds is 5. The smallest absolute Gasteiger partial charge is 0.221 e. The molecule has 0 aliphatic carbocycles. The molecule has 0 saturated carbocycles. The number of nitrogens with one attached hydrogen (secondary N) is 2. The Kier molecular flexibility index (Phi) is 7.42. The zero-order valence-corrected chi connectivity index (χ0v) is 13.1. The maximum Gasteiger partial charge on any atom is 0.221 e. The summed E-state index contributed by atoms with van der Waals surface area (Å²) in [4.78, 5) is 13.0. The molecule has 0 aliphatic heterocycles. The van der Waals surface area contributed by atoms with Gasteiger partial charge < -0.3 is 10.1 Å². The van der Waals surface area contributed by atoms with Crippen molar-refractivity contribution in [3.8, 4) is 5.75 Å². The van der Waals surface area contributed by atoms with Crippen molar-refractivity contribution in [3.63, 3.8) is 0 Å². The lowest BCUT2D eigenvalue weighted by Crippen LogP contribution is -2.18. The summed E-state index contributed by atoms with van der Waals surface area (Å²) in [5.41, 5.74) is 6.37. The first-order chi connectivity index (χ1) is 10.6. The van der Waals surface area contributed by atoms with Crippen molar-refractivity contribution in [2.24, 2.45) is 5.84 Å². The molecular weight excluding hydrogens is 280 g/mol. The first kappa shape index (κ1) is 17.5. The van der Waals surface area contributed by atoms with Crippen LogP contribution < -0.4 is 21.3 Å². The summed E-state index contributed by atoms with van der Waals surface area (Å²) in [5, 5.41) is 3.19. The van der Waals surface area contributed by atoms with E-state index in [1.165, 1.54) is 11.1 Å². The van der Waals surface area contributed by atoms with E-state index in [1.54, 1.807) is 17.8 Å². The van der Waals surface area contributed by atoms with E-state index in [9.17, 15) is 0 Å². The van der Waals surface area contributed by atoms with Crippen LogP contribution in [0.4, 0.5) is 5.69 Å². The minimum absolute atomic E-state index is 0.403. The molecule has 0 saturated heterocycles. The molecule has 4 N–H and O–H groups in total. The number of carbonyl (C=O) groups is 1. The lowest BCUT2D eigenvalue weighted by molar-refractivity contribution is -0.109. The van der Waals surface area contributed by atoms with Gasteiger partial charge in [0.05, 0.1) is 6.20 Å². The third-order valence-corrected chi connectivity index (χ3v) is 3.11. The summed E-state index contributed by atoms with van der Waals surface area (Å²) in [6, 6.07) is 8.14. The van der Waals surface area contributed by atoms with Crippen LogP contribution >= 0.6 is 0 Å². The third-order valence-electron chi connectivity index (χ3n) is 3.11. The summed E-state index contributed by atoms with van der Waals surface area (Å²) in [5.74, 6) is 5.25. The Bertz CT molecular complexity index is 602. The maximum absolute atomic E-state index is 8.94. The highest BCUT2D eigenvalue weighted by molar-refractivity contribution is 5.54. The van der Waals surface area contributed by atoms with Gasteiger partial charge in [-0.15, -0.1) is 0 Å². The van der Waals surface area contributed by atoms with E-state index in [2.05, 4.69) is 35.2 Å². The summed E-state index contributed by atoms with van der Waals surface area (Å²) in [7, 11) is 1.92. The van der Waals surface area contributed by atoms with Gasteiger partial charge in [-0.25, -0.2) is 5.84 Å². The van der Waals surface area contributed by atoms with E-state index in [0.29, 0.717) is 13.0 Å². The van der Waals surface area contributed by atoms with Gasteiger partial charge in [-0.3, -0.25) is 15.2 Å². The highest BCUT2D eigenvalue weighted by atomic mass is 16.5. The van der Waals surface area contributed by atoms with Gasteiger partial charge in [0.1, 0.15) is 12.4 Å². The number of hydrogen-bond acceptors (Lipinski definition) is 5. The van der Waals surface area contributed by atoms with Gasteiger partial charge in [0.2, 0.25) is 6.41 Å². The Morgan fingerprint density at radius 3 is 2.59 bits per heavy atom. The normalized spacial score (nSPS) is 9.27. The molecule has 0 unspecified atom stereocenters. The van der Waals surface area contributed by atoms with E-state index in [-0.39, 0.29) is 0 Å². The Labute approximate surface area is 130 Å². The Balaban J connectivity index is 0.000000541. The van der Waals surface area contributed by atoms with E-state index >= 15 is 0 Å². The monoisotopic (exact) mass is 302 g/mol. The van der Waals surface area contributed by atoms with Crippen LogP contribution in [-0.4, -0.2) is 18.4 Å². The molecule has 6 nitrogen and oxygen atoms in total. The van der Waals surface area contributed by atoms with E-state index in [4.69, 9.17) is 9.53 Å². The fourth-order valence-corrected chi connectivity index (χ4v) is 1.88. The average molecular weight is 302 g/mol. The van der Waals surface area contributed by atoms with Crippen molar-refractivity contribution in [3.05, 3.63) is 53.3 Å². The molecule has 118 valence electrons. The Morgan fingerprint density at radius 1 is 1.27 bits per heavy atom. The number of nitrogens with zero attached hydrogens (tertiary/aromatic N) is 1. The summed E-state index contributed by atoms with van der Waals surface area (Å²) >= 11 is 0. The standard InChI is InChI=1S/C15H18N2O.CH4N2O/c1-11-5-4-6-14(16-3)13(11)10-18-15-9-17-8-7-12(15)2;2-3-1-4/h4-9,16H,10H2,1-3H3;1H,2H2,(H,3,4). The fraction of sp³-hybridized carbons (Fsp3) is 0.250. The zero-order valence-electron chi connectivity index (χ0n) is 13.1. The van der Waals surface area contributed by atoms with Crippen LogP contribution in [-0.2, 0) is 11.4 Å². The second kappa shape index (κ2) is 9.36. The molecule has 2 aromatic rings. The van der Waals surface area contributed by atoms with Crippen LogP contribution in [0, 0.1) is 13.8 Å². The van der Waals surface area contributed by atoms with Crippen molar-refractivity contribution < 1.29 is 9.53 Å². The number of anilines is 1. The van der Waals surface area contributed by atoms with E-state index in [0.717, 1.165) is 17.0 Å². The Hall–Kier alpha value is -2.60. The van der Waals surface area contributed by atoms with Gasteiger partial charge in [0.25, 0.3) is 0 Å². The average Bonchev–Trinajstić information content (AvgIpc) is 2.55. The molecular formula is C16H22N4O2. The molecule has 0 fully saturated rings. The summed E-state index contributed by atoms with van der Waals surface area (Å²) in [6.45, 7) is 4.67. The lowest BCUT2D eigenvalue weighted by Gasteiger charge is -2.14. The molecule has 1 amide bonds. The minimum atomic E-state index is 0.403. The SMILES string of the molecule is CNc1cccc(C)c1COc1cnccc1C.NNC=O. The predicted octanol–water partition coefficient (Wildman–Crippen LogP) is 1.93.